The number of para-hydroxylation sites is 1. The third-order valence-electron chi connectivity index (χ3n) is 7.57. The number of urea groups is 1. The molecule has 1 fully saturated rings. The number of aryl methyl sites for hydroxylation is 2. The molecule has 2 amide bonds. The first kappa shape index (κ1) is 28.7. The van der Waals surface area contributed by atoms with Crippen LogP contribution >= 0.6 is 0 Å². The van der Waals surface area contributed by atoms with Gasteiger partial charge in [-0.2, -0.15) is 0 Å². The number of unbranched alkanes of at least 4 members (excludes halogenated alkanes) is 1. The number of hydrogen-bond acceptors (Lipinski definition) is 6. The summed E-state index contributed by atoms with van der Waals surface area (Å²) in [6, 6.07) is 12.8. The van der Waals surface area contributed by atoms with E-state index >= 15 is 0 Å². The average Bonchev–Trinajstić information content (AvgIpc) is 3.39. The fourth-order valence-corrected chi connectivity index (χ4v) is 5.22. The average molecular weight is 538 g/mol. The van der Waals surface area contributed by atoms with E-state index in [4.69, 9.17) is 9.72 Å². The summed E-state index contributed by atoms with van der Waals surface area (Å²) in [5.74, 6) is 1.30. The number of carboxylic acid groups (broad SMARTS) is 1. The van der Waals surface area contributed by atoms with E-state index in [0.717, 1.165) is 68.9 Å². The highest BCUT2D eigenvalue weighted by Crippen LogP contribution is 2.20. The molecule has 0 saturated carbocycles. The lowest BCUT2D eigenvalue weighted by Gasteiger charge is -2.25. The molecule has 2 aromatic rings. The minimum atomic E-state index is -0.997. The van der Waals surface area contributed by atoms with Crippen molar-refractivity contribution >= 4 is 17.8 Å². The number of carboxylic acids is 1. The van der Waals surface area contributed by atoms with Gasteiger partial charge >= 0.3 is 12.0 Å². The number of aromatic nitrogens is 1. The van der Waals surface area contributed by atoms with Gasteiger partial charge in [0.2, 0.25) is 0 Å². The molecule has 2 atom stereocenters. The monoisotopic (exact) mass is 537 g/mol. The van der Waals surface area contributed by atoms with Gasteiger partial charge in [0.1, 0.15) is 24.2 Å². The first-order chi connectivity index (χ1) is 19.0. The summed E-state index contributed by atoms with van der Waals surface area (Å²) < 4.78 is 5.91. The topological polar surface area (TPSA) is 107 Å². The molecular weight excluding hydrogens is 494 g/mol. The molecule has 1 saturated heterocycles. The van der Waals surface area contributed by atoms with Crippen molar-refractivity contribution in [1.82, 2.24) is 20.1 Å². The second kappa shape index (κ2) is 14.7. The second-order valence-corrected chi connectivity index (χ2v) is 10.8. The third kappa shape index (κ3) is 9.13. The number of hydrogen-bond donors (Lipinski definition) is 3. The number of fused-ring (bicyclic) bond motifs is 1. The smallest absolute Gasteiger partial charge is 0.326 e. The Morgan fingerprint density at radius 3 is 2.79 bits per heavy atom. The zero-order valence-electron chi connectivity index (χ0n) is 23.1. The number of aliphatic carboxylic acids is 1. The minimum Gasteiger partial charge on any atom is -0.492 e. The summed E-state index contributed by atoms with van der Waals surface area (Å²) >= 11 is 0. The first-order valence-electron chi connectivity index (χ1n) is 14.4. The van der Waals surface area contributed by atoms with E-state index in [0.29, 0.717) is 45.1 Å². The largest absolute Gasteiger partial charge is 0.492 e. The number of amides is 2. The van der Waals surface area contributed by atoms with Crippen molar-refractivity contribution in [3.05, 3.63) is 53.7 Å². The van der Waals surface area contributed by atoms with Crippen LogP contribution < -0.4 is 15.4 Å². The minimum absolute atomic E-state index is 0.280. The highest BCUT2D eigenvalue weighted by molar-refractivity contribution is 5.82. The van der Waals surface area contributed by atoms with Gasteiger partial charge in [-0.15, -0.1) is 0 Å². The molecule has 1 aromatic heterocycles. The first-order valence-corrected chi connectivity index (χ1v) is 14.4. The predicted molar refractivity (Wildman–Crippen MR) is 152 cm³/mol. The van der Waals surface area contributed by atoms with Gasteiger partial charge in [-0.1, -0.05) is 31.2 Å². The quantitative estimate of drug-likeness (QED) is 0.312. The number of likely N-dealkylation sites (tertiary alicyclic amines) is 1. The van der Waals surface area contributed by atoms with E-state index in [9.17, 15) is 14.7 Å². The zero-order chi connectivity index (χ0) is 27.5. The number of benzene rings is 1. The molecular formula is C30H43N5O4. The normalized spacial score (nSPS) is 17.4. The molecule has 2 aliphatic rings. The Morgan fingerprint density at radius 1 is 1.18 bits per heavy atom. The molecule has 3 N–H and O–H groups in total. The maximum Gasteiger partial charge on any atom is 0.326 e. The molecule has 0 unspecified atom stereocenters. The Bertz CT molecular complexity index is 1070. The van der Waals surface area contributed by atoms with Crippen molar-refractivity contribution in [2.24, 2.45) is 5.92 Å². The lowest BCUT2D eigenvalue weighted by Crippen LogP contribution is -2.48. The number of nitrogens with one attached hydrogen (secondary N) is 2. The van der Waals surface area contributed by atoms with E-state index in [1.807, 2.05) is 30.3 Å². The Hall–Kier alpha value is -3.33. The predicted octanol–water partition coefficient (Wildman–Crippen LogP) is 4.04. The van der Waals surface area contributed by atoms with Gasteiger partial charge in [-0.25, -0.2) is 14.6 Å². The highest BCUT2D eigenvalue weighted by Gasteiger charge is 2.27. The lowest BCUT2D eigenvalue weighted by atomic mass is 10.1. The summed E-state index contributed by atoms with van der Waals surface area (Å²) in [6.07, 6.45) is 6.41. The Balaban J connectivity index is 1.27. The number of nitrogens with zero attached hydrogens (tertiary/aromatic N) is 3. The summed E-state index contributed by atoms with van der Waals surface area (Å²) in [6.45, 7) is 7.03. The zero-order valence-corrected chi connectivity index (χ0v) is 23.1. The van der Waals surface area contributed by atoms with E-state index in [1.54, 1.807) is 4.90 Å². The molecule has 0 radical (unpaired) electrons. The summed E-state index contributed by atoms with van der Waals surface area (Å²) in [5.41, 5.74) is 2.40. The number of ether oxygens (including phenoxy) is 1. The lowest BCUT2D eigenvalue weighted by molar-refractivity contribution is -0.139. The van der Waals surface area contributed by atoms with Crippen LogP contribution in [0.1, 0.15) is 50.3 Å². The summed E-state index contributed by atoms with van der Waals surface area (Å²) in [7, 11) is 0. The fraction of sp³-hybridized carbons (Fsp3) is 0.567. The van der Waals surface area contributed by atoms with E-state index in [1.165, 1.54) is 5.56 Å². The van der Waals surface area contributed by atoms with Crippen molar-refractivity contribution in [2.75, 3.05) is 51.2 Å². The van der Waals surface area contributed by atoms with Crippen LogP contribution in [-0.4, -0.2) is 83.8 Å². The van der Waals surface area contributed by atoms with Crippen LogP contribution in [0.4, 0.5) is 10.6 Å². The van der Waals surface area contributed by atoms with Crippen molar-refractivity contribution < 1.29 is 19.4 Å². The second-order valence-electron chi connectivity index (χ2n) is 10.8. The van der Waals surface area contributed by atoms with Crippen molar-refractivity contribution in [2.45, 2.75) is 57.9 Å². The van der Waals surface area contributed by atoms with Crippen molar-refractivity contribution in [3.63, 3.8) is 0 Å². The molecule has 39 heavy (non-hydrogen) atoms. The molecule has 9 nitrogen and oxygen atoms in total. The molecule has 1 aromatic carbocycles. The van der Waals surface area contributed by atoms with Crippen molar-refractivity contribution in [1.29, 1.82) is 0 Å². The Morgan fingerprint density at radius 2 is 2.03 bits per heavy atom. The third-order valence-corrected chi connectivity index (χ3v) is 7.57. The van der Waals surface area contributed by atoms with Crippen LogP contribution in [-0.2, 0) is 17.6 Å². The van der Waals surface area contributed by atoms with Gasteiger partial charge in [-0.3, -0.25) is 4.90 Å². The SMILES string of the molecule is C[C@@H]1CCN(C(=O)N[C@@H](CCN(CCCCc2ccc3c(n2)NCCC3)CCOc2ccccc2)C(=O)O)C1. The Kier molecular flexibility index (Phi) is 10.8. The van der Waals surface area contributed by atoms with Crippen LogP contribution in [0.3, 0.4) is 0 Å². The molecule has 2 aliphatic heterocycles. The molecule has 9 heteroatoms. The maximum absolute atomic E-state index is 12.6. The molecule has 4 rings (SSSR count). The van der Waals surface area contributed by atoms with E-state index in [-0.39, 0.29) is 6.03 Å². The van der Waals surface area contributed by atoms with Crippen LogP contribution in [0.5, 0.6) is 5.75 Å². The molecule has 0 spiro atoms. The highest BCUT2D eigenvalue weighted by atomic mass is 16.5. The van der Waals surface area contributed by atoms with Gasteiger partial charge in [0.25, 0.3) is 0 Å². The number of carbonyl (C=O) groups is 2. The van der Waals surface area contributed by atoms with Gasteiger partial charge in [0.05, 0.1) is 0 Å². The van der Waals surface area contributed by atoms with Gasteiger partial charge in [0.15, 0.2) is 0 Å². The molecule has 0 bridgehead atoms. The molecule has 212 valence electrons. The van der Waals surface area contributed by atoms with Gasteiger partial charge in [-0.05, 0) is 81.2 Å². The number of anilines is 1. The van der Waals surface area contributed by atoms with E-state index < -0.39 is 12.0 Å². The number of carbonyl (C=O) groups excluding carboxylic acids is 1. The number of rotatable bonds is 14. The van der Waals surface area contributed by atoms with Crippen LogP contribution in [0.2, 0.25) is 0 Å². The molecule has 0 aliphatic carbocycles. The number of pyridine rings is 1. The van der Waals surface area contributed by atoms with Crippen LogP contribution in [0.25, 0.3) is 0 Å². The standard InChI is InChI=1S/C30H43N5O4/c1-23-14-19-35(22-23)30(38)33-27(29(36)37)15-18-34(20-21-39-26-10-3-2-4-11-26)17-6-5-9-25-13-12-24-8-7-16-31-28(24)32-25/h2-4,10-13,23,27H,5-9,14-22H2,1H3,(H,31,32)(H,33,38)(H,36,37)/t23-,27+/m1/s1. The van der Waals surface area contributed by atoms with Crippen LogP contribution in [0.15, 0.2) is 42.5 Å². The fourth-order valence-electron chi connectivity index (χ4n) is 5.22. The van der Waals surface area contributed by atoms with Crippen LogP contribution in [0, 0.1) is 5.92 Å². The van der Waals surface area contributed by atoms with Crippen molar-refractivity contribution in [3.8, 4) is 5.75 Å². The summed E-state index contributed by atoms with van der Waals surface area (Å²) in [5, 5.41) is 15.9. The summed E-state index contributed by atoms with van der Waals surface area (Å²) in [4.78, 5) is 33.3. The van der Waals surface area contributed by atoms with Gasteiger partial charge < -0.3 is 25.4 Å². The maximum atomic E-state index is 12.6. The molecule has 3 heterocycles. The Labute approximate surface area is 231 Å². The van der Waals surface area contributed by atoms with Gasteiger partial charge in [0, 0.05) is 38.4 Å². The van der Waals surface area contributed by atoms with E-state index in [2.05, 4.69) is 34.6 Å².